The van der Waals surface area contributed by atoms with E-state index in [1.54, 1.807) is 4.98 Å². The number of alkyl halides is 3. The largest absolute Gasteiger partial charge is 0.490 e. The molecule has 6 atom stereocenters. The molecule has 1 aromatic heterocycles. The van der Waals surface area contributed by atoms with E-state index in [1.807, 2.05) is 0 Å². The van der Waals surface area contributed by atoms with E-state index >= 15 is 8.78 Å². The zero-order chi connectivity index (χ0) is 25.6. The first-order chi connectivity index (χ1) is 14.8. The van der Waals surface area contributed by atoms with Gasteiger partial charge >= 0.3 is 23.5 Å². The summed E-state index contributed by atoms with van der Waals surface area (Å²) in [5.41, 5.74) is -5.14. The van der Waals surface area contributed by atoms with Crippen molar-refractivity contribution in [3.05, 3.63) is 27.1 Å². The number of halogens is 4. The van der Waals surface area contributed by atoms with Crippen LogP contribution in [0.3, 0.4) is 0 Å². The Morgan fingerprint density at radius 3 is 2.27 bits per heavy atom. The lowest BCUT2D eigenvalue weighted by Crippen LogP contribution is -2.49. The monoisotopic (exact) mass is 570 g/mol. The lowest BCUT2D eigenvalue weighted by atomic mass is 9.96. The van der Waals surface area contributed by atoms with Crippen LogP contribution in [0.5, 0.6) is 0 Å². The van der Waals surface area contributed by atoms with Crippen molar-refractivity contribution < 1.29 is 73.8 Å². The molecule has 0 aliphatic carbocycles. The maximum absolute atomic E-state index is 15.1. The number of phosphoric acid groups is 3. The number of aromatic nitrogens is 2. The van der Waals surface area contributed by atoms with Crippen LogP contribution in [0.2, 0.25) is 0 Å². The Labute approximate surface area is 184 Å². The second-order valence-electron chi connectivity index (χ2n) is 6.23. The third-order valence-corrected chi connectivity index (χ3v) is 7.90. The Bertz CT molecular complexity index is 1180. The van der Waals surface area contributed by atoms with Crippen LogP contribution in [0.15, 0.2) is 11.0 Å². The molecule has 1 aromatic rings. The first-order valence-electron chi connectivity index (χ1n) is 7.84. The van der Waals surface area contributed by atoms with Gasteiger partial charge in [0.15, 0.2) is 17.1 Å². The van der Waals surface area contributed by atoms with Crippen molar-refractivity contribution in [3.8, 4) is 0 Å². The molecule has 6 N–H and O–H groups in total. The van der Waals surface area contributed by atoms with Crippen molar-refractivity contribution >= 4 is 35.7 Å². The van der Waals surface area contributed by atoms with Crippen LogP contribution in [0.1, 0.15) is 6.23 Å². The molecular weight excluding hydrogens is 557 g/mol. The van der Waals surface area contributed by atoms with Crippen LogP contribution in [-0.4, -0.2) is 65.1 Å². The summed E-state index contributed by atoms with van der Waals surface area (Å²) in [5.74, 6) is -5.54. The summed E-state index contributed by atoms with van der Waals surface area (Å²) >= 11 is 4.62. The van der Waals surface area contributed by atoms with Crippen molar-refractivity contribution in [1.82, 2.24) is 9.55 Å². The van der Waals surface area contributed by atoms with Crippen LogP contribution in [0.4, 0.5) is 17.6 Å². The normalized spacial score (nSPS) is 31.8. The van der Waals surface area contributed by atoms with E-state index in [9.17, 15) is 37.3 Å². The van der Waals surface area contributed by atoms with Gasteiger partial charge in [-0.1, -0.05) is 0 Å². The van der Waals surface area contributed by atoms with Gasteiger partial charge in [-0.25, -0.2) is 26.9 Å². The molecule has 33 heavy (non-hydrogen) atoms. The Kier molecular flexibility index (Phi) is 8.01. The number of aliphatic hydroxyl groups is 1. The molecule has 1 saturated heterocycles. The molecule has 2 rings (SSSR count). The van der Waals surface area contributed by atoms with Crippen molar-refractivity contribution in [2.75, 3.05) is 13.3 Å². The molecule has 190 valence electrons. The molecule has 0 saturated carbocycles. The van der Waals surface area contributed by atoms with E-state index in [0.29, 0.717) is 0 Å². The third-order valence-electron chi connectivity index (χ3n) is 3.80. The number of H-pyrrole nitrogens is 1. The van der Waals surface area contributed by atoms with Gasteiger partial charge in [0.2, 0.25) is 11.5 Å². The fourth-order valence-electron chi connectivity index (χ4n) is 2.49. The summed E-state index contributed by atoms with van der Waals surface area (Å²) in [6.45, 7) is -4.23. The predicted molar refractivity (Wildman–Crippen MR) is 95.4 cm³/mol. The molecule has 0 amide bonds. The maximum atomic E-state index is 15.1. The third kappa shape index (κ3) is 6.43. The predicted octanol–water partition coefficient (Wildman–Crippen LogP) is 0.622. The molecule has 0 aromatic carbocycles. The minimum absolute atomic E-state index is 0.182. The molecule has 3 unspecified atom stereocenters. The Balaban J connectivity index is 2.31. The van der Waals surface area contributed by atoms with Crippen LogP contribution in [0.25, 0.3) is 0 Å². The zero-order valence-corrected chi connectivity index (χ0v) is 18.9. The molecule has 1 aliphatic heterocycles. The van der Waals surface area contributed by atoms with Gasteiger partial charge < -0.3 is 29.4 Å². The van der Waals surface area contributed by atoms with Crippen LogP contribution >= 0.6 is 35.7 Å². The fourth-order valence-corrected chi connectivity index (χ4v) is 5.76. The summed E-state index contributed by atoms with van der Waals surface area (Å²) < 4.78 is 105. The Morgan fingerprint density at radius 1 is 1.18 bits per heavy atom. The number of ether oxygens (including phenoxy) is 1. The Hall–Kier alpha value is -0.850. The van der Waals surface area contributed by atoms with Gasteiger partial charge in [-0.2, -0.15) is 13.0 Å². The van der Waals surface area contributed by atoms with Gasteiger partial charge in [-0.3, -0.25) is 18.9 Å². The molecule has 0 radical (unpaired) electrons. The average Bonchev–Trinajstić information content (AvgIpc) is 2.82. The average molecular weight is 570 g/mol. The fraction of sp³-hybridized carbons (Fsp3) is 0.600. The number of aromatic amines is 1. The summed E-state index contributed by atoms with van der Waals surface area (Å²) in [6, 6.07) is 0. The molecule has 0 spiro atoms. The van der Waals surface area contributed by atoms with Crippen molar-refractivity contribution in [2.24, 2.45) is 0 Å². The van der Waals surface area contributed by atoms with E-state index in [2.05, 4.69) is 30.1 Å². The smallest absolute Gasteiger partial charge is 0.383 e. The summed E-state index contributed by atoms with van der Waals surface area (Å²) in [5, 5.41) is 9.94. The second kappa shape index (κ2) is 9.31. The SMILES string of the molecule is O=c1[nH]c(=S)n([C@@H]2O[C@](F)(COP(=O)(O)OP(=O)(O)OP(=O)(O)O)C(O)[C@]2(F)CF)cc1F. The Morgan fingerprint density at radius 2 is 1.76 bits per heavy atom. The van der Waals surface area contributed by atoms with Crippen LogP contribution in [0, 0.1) is 10.6 Å². The van der Waals surface area contributed by atoms with Gasteiger partial charge in [0.1, 0.15) is 13.3 Å². The van der Waals surface area contributed by atoms with Crippen molar-refractivity contribution in [3.63, 3.8) is 0 Å². The van der Waals surface area contributed by atoms with Gasteiger partial charge in [-0.15, -0.1) is 0 Å². The van der Waals surface area contributed by atoms with Crippen molar-refractivity contribution in [1.29, 1.82) is 0 Å². The number of hydrogen-bond acceptors (Lipinski definition) is 10. The lowest BCUT2D eigenvalue weighted by Gasteiger charge is -2.27. The first kappa shape index (κ1) is 28.4. The standard InChI is InChI=1S/C10H13F4N2O13P3S/c11-2-9(13)6(18)10(14,27-7(9)16-1-4(12)5(17)15-8(16)33)3-26-31(22,23)29-32(24,25)28-30(19,20)21/h1,6-7,18H,2-3H2,(H,22,23)(H,24,25)(H,15,17,33)(H2,19,20,21)/t6?,7-,9-,10-/m1/s1. The van der Waals surface area contributed by atoms with E-state index in [0.717, 1.165) is 0 Å². The van der Waals surface area contributed by atoms with E-state index in [4.69, 9.17) is 14.7 Å². The number of hydrogen-bond donors (Lipinski definition) is 6. The first-order valence-corrected chi connectivity index (χ1v) is 12.8. The van der Waals surface area contributed by atoms with E-state index in [1.165, 1.54) is 0 Å². The number of phosphoric ester groups is 1. The zero-order valence-electron chi connectivity index (χ0n) is 15.4. The topological polar surface area (TPSA) is 227 Å². The molecular formula is C10H13F4N2O13P3S. The molecule has 23 heteroatoms. The summed E-state index contributed by atoms with van der Waals surface area (Å²) in [6.07, 6.45) is -5.61. The number of nitrogens with one attached hydrogen (secondary N) is 1. The maximum Gasteiger partial charge on any atom is 0.490 e. The number of aliphatic hydroxyl groups excluding tert-OH is 1. The van der Waals surface area contributed by atoms with Gasteiger partial charge in [0, 0.05) is 0 Å². The van der Waals surface area contributed by atoms with E-state index in [-0.39, 0.29) is 10.8 Å². The van der Waals surface area contributed by atoms with Crippen molar-refractivity contribution in [2.45, 2.75) is 23.9 Å². The second-order valence-corrected chi connectivity index (χ2v) is 11.0. The molecule has 0 bridgehead atoms. The van der Waals surface area contributed by atoms with Crippen LogP contribution < -0.4 is 5.56 Å². The van der Waals surface area contributed by atoms with Gasteiger partial charge in [0.25, 0.3) is 11.4 Å². The summed E-state index contributed by atoms with van der Waals surface area (Å²) in [7, 11) is -17.7. The van der Waals surface area contributed by atoms with Gasteiger partial charge in [0.05, 0.1) is 6.20 Å². The minimum atomic E-state index is -6.00. The quantitative estimate of drug-likeness (QED) is 0.136. The minimum Gasteiger partial charge on any atom is -0.383 e. The molecule has 1 aliphatic rings. The highest BCUT2D eigenvalue weighted by Gasteiger charge is 2.67. The highest BCUT2D eigenvalue weighted by atomic mass is 32.1. The van der Waals surface area contributed by atoms with Gasteiger partial charge in [-0.05, 0) is 12.2 Å². The van der Waals surface area contributed by atoms with Crippen LogP contribution in [-0.2, 0) is 31.6 Å². The molecule has 2 heterocycles. The lowest BCUT2D eigenvalue weighted by molar-refractivity contribution is -0.204. The summed E-state index contributed by atoms with van der Waals surface area (Å²) in [4.78, 5) is 48.1. The highest BCUT2D eigenvalue weighted by molar-refractivity contribution is 7.71. The molecule has 15 nitrogen and oxygen atoms in total. The molecule has 1 fully saturated rings. The highest BCUT2D eigenvalue weighted by Crippen LogP contribution is 2.66. The van der Waals surface area contributed by atoms with E-state index < -0.39 is 76.8 Å². The number of nitrogens with zero attached hydrogens (tertiary/aromatic N) is 1. The number of rotatable bonds is 9.